The molecule has 0 spiro atoms. The number of rotatable bonds is 5. The summed E-state index contributed by atoms with van der Waals surface area (Å²) in [6.45, 7) is 12.4. The van der Waals surface area contributed by atoms with Gasteiger partial charge < -0.3 is 10.1 Å². The summed E-state index contributed by atoms with van der Waals surface area (Å²) in [5.74, 6) is 0.390. The van der Waals surface area contributed by atoms with Crippen molar-refractivity contribution in [2.24, 2.45) is 17.3 Å². The van der Waals surface area contributed by atoms with Crippen molar-refractivity contribution >= 4 is 17.7 Å². The van der Waals surface area contributed by atoms with E-state index in [2.05, 4.69) is 5.32 Å². The van der Waals surface area contributed by atoms with E-state index < -0.39 is 0 Å². The molecule has 0 aromatic rings. The molecule has 1 amide bonds. The van der Waals surface area contributed by atoms with Crippen LogP contribution in [0.25, 0.3) is 0 Å². The molecule has 1 atom stereocenters. The Morgan fingerprint density at radius 2 is 1.86 bits per heavy atom. The predicted octanol–water partition coefficient (Wildman–Crippen LogP) is 3.83. The Labute approximate surface area is 130 Å². The molecule has 0 radical (unpaired) electrons. The highest BCUT2D eigenvalue weighted by molar-refractivity contribution is 5.91. The number of ether oxygens (including phenoxy) is 1. The molecule has 1 unspecified atom stereocenters. The lowest BCUT2D eigenvalue weighted by Gasteiger charge is -2.26. The maximum absolute atomic E-state index is 11.8. The second kappa shape index (κ2) is 8.80. The van der Waals surface area contributed by atoms with Crippen molar-refractivity contribution in [2.45, 2.75) is 60.8 Å². The van der Waals surface area contributed by atoms with Crippen LogP contribution in [0, 0.1) is 28.1 Å². The first-order valence-electron chi connectivity index (χ1n) is 7.83. The van der Waals surface area contributed by atoms with E-state index in [4.69, 9.17) is 15.6 Å². The first kappa shape index (κ1) is 19.6. The number of carbonyl (C=O) groups excluding carboxylic acids is 1. The van der Waals surface area contributed by atoms with Gasteiger partial charge in [-0.2, -0.15) is 0 Å². The molecule has 1 saturated carbocycles. The van der Waals surface area contributed by atoms with Crippen LogP contribution < -0.4 is 5.32 Å². The second-order valence-corrected chi connectivity index (χ2v) is 6.29. The van der Waals surface area contributed by atoms with Crippen LogP contribution in [0.3, 0.4) is 0 Å². The van der Waals surface area contributed by atoms with Gasteiger partial charge in [0.05, 0.1) is 0 Å². The molecule has 21 heavy (non-hydrogen) atoms. The molecule has 5 nitrogen and oxygen atoms in total. The SMILES string of the molecule is CC.CC(C(=O)NCCC(=N)OC(=N)C1CC1)C(C)(C)C.[HH]. The minimum Gasteiger partial charge on any atom is -0.429 e. The fourth-order valence-electron chi connectivity index (χ4n) is 1.46. The Balaban J connectivity index is 0. The zero-order chi connectivity index (χ0) is 16.6. The summed E-state index contributed by atoms with van der Waals surface area (Å²) in [4.78, 5) is 11.8. The number of nitrogens with one attached hydrogen (secondary N) is 3. The first-order chi connectivity index (χ1) is 9.71. The van der Waals surface area contributed by atoms with Crippen molar-refractivity contribution < 1.29 is 11.0 Å². The summed E-state index contributed by atoms with van der Waals surface area (Å²) in [6.07, 6.45) is 2.32. The third-order valence-electron chi connectivity index (χ3n) is 3.52. The fourth-order valence-corrected chi connectivity index (χ4v) is 1.46. The Hall–Kier alpha value is -1.39. The molecular formula is C16H33N3O2. The number of amides is 1. The summed E-state index contributed by atoms with van der Waals surface area (Å²) in [5.41, 5.74) is -0.0673. The third kappa shape index (κ3) is 7.83. The maximum atomic E-state index is 11.8. The van der Waals surface area contributed by atoms with Gasteiger partial charge in [-0.25, -0.2) is 0 Å². The lowest BCUT2D eigenvalue weighted by atomic mass is 9.81. The highest BCUT2D eigenvalue weighted by Crippen LogP contribution is 2.30. The molecule has 0 aromatic carbocycles. The van der Waals surface area contributed by atoms with Gasteiger partial charge in [0.1, 0.15) is 0 Å². The molecule has 0 aliphatic heterocycles. The van der Waals surface area contributed by atoms with E-state index in [-0.39, 0.29) is 36.4 Å². The molecular weight excluding hydrogens is 266 g/mol. The minimum absolute atomic E-state index is 0. The minimum atomic E-state index is -0.0765. The van der Waals surface area contributed by atoms with Crippen LogP contribution in [0.2, 0.25) is 0 Å². The molecule has 0 saturated heterocycles. The van der Waals surface area contributed by atoms with Gasteiger partial charge in [-0.1, -0.05) is 41.5 Å². The predicted molar refractivity (Wildman–Crippen MR) is 89.0 cm³/mol. The van der Waals surface area contributed by atoms with Crippen LogP contribution in [0.4, 0.5) is 0 Å². The van der Waals surface area contributed by atoms with Crippen LogP contribution >= 0.6 is 0 Å². The summed E-state index contributed by atoms with van der Waals surface area (Å²) >= 11 is 0. The van der Waals surface area contributed by atoms with Crippen LogP contribution in [-0.4, -0.2) is 24.2 Å². The lowest BCUT2D eigenvalue weighted by Crippen LogP contribution is -2.37. The van der Waals surface area contributed by atoms with Crippen LogP contribution in [0.1, 0.15) is 62.2 Å². The Kier molecular flexibility index (Phi) is 8.22. The quantitative estimate of drug-likeness (QED) is 0.532. The van der Waals surface area contributed by atoms with Gasteiger partial charge in [0.2, 0.25) is 5.91 Å². The summed E-state index contributed by atoms with van der Waals surface area (Å²) < 4.78 is 5.10. The Morgan fingerprint density at radius 3 is 2.29 bits per heavy atom. The van der Waals surface area contributed by atoms with Crippen molar-refractivity contribution in [3.05, 3.63) is 0 Å². The largest absolute Gasteiger partial charge is 0.429 e. The second-order valence-electron chi connectivity index (χ2n) is 6.29. The van der Waals surface area contributed by atoms with Gasteiger partial charge in [0.15, 0.2) is 11.8 Å². The Bertz CT molecular complexity index is 374. The van der Waals surface area contributed by atoms with Crippen molar-refractivity contribution in [1.29, 1.82) is 10.8 Å². The number of hydrogen-bond acceptors (Lipinski definition) is 4. The molecule has 1 fully saturated rings. The van der Waals surface area contributed by atoms with Crippen LogP contribution in [-0.2, 0) is 9.53 Å². The van der Waals surface area contributed by atoms with E-state index in [1.807, 2.05) is 41.5 Å². The highest BCUT2D eigenvalue weighted by atomic mass is 16.5. The highest BCUT2D eigenvalue weighted by Gasteiger charge is 2.29. The van der Waals surface area contributed by atoms with Gasteiger partial charge in [0, 0.05) is 26.2 Å². The van der Waals surface area contributed by atoms with E-state index in [1.54, 1.807) is 0 Å². The van der Waals surface area contributed by atoms with E-state index in [0.29, 0.717) is 13.0 Å². The number of carbonyl (C=O) groups is 1. The standard InChI is InChI=1S/C14H25N3O2.C2H6.H2/c1-9(14(2,3)4)13(18)17-8-7-11(15)19-12(16)10-5-6-10;1-2;/h9-10,15-16H,5-8H2,1-4H3,(H,17,18);1-2H3;1H. The van der Waals surface area contributed by atoms with Gasteiger partial charge in [0.25, 0.3) is 0 Å². The van der Waals surface area contributed by atoms with E-state index >= 15 is 0 Å². The van der Waals surface area contributed by atoms with Gasteiger partial charge in [-0.05, 0) is 18.3 Å². The Morgan fingerprint density at radius 1 is 1.33 bits per heavy atom. The molecule has 0 bridgehead atoms. The van der Waals surface area contributed by atoms with E-state index in [9.17, 15) is 4.79 Å². The van der Waals surface area contributed by atoms with Crippen molar-refractivity contribution in [1.82, 2.24) is 5.32 Å². The third-order valence-corrected chi connectivity index (χ3v) is 3.52. The fraction of sp³-hybridized carbons (Fsp3) is 0.812. The van der Waals surface area contributed by atoms with Crippen molar-refractivity contribution in [3.63, 3.8) is 0 Å². The molecule has 1 aliphatic carbocycles. The summed E-state index contributed by atoms with van der Waals surface area (Å²) in [7, 11) is 0. The van der Waals surface area contributed by atoms with E-state index in [1.165, 1.54) is 0 Å². The van der Waals surface area contributed by atoms with Crippen molar-refractivity contribution in [3.8, 4) is 0 Å². The number of hydrogen-bond donors (Lipinski definition) is 3. The van der Waals surface area contributed by atoms with Crippen LogP contribution in [0.15, 0.2) is 0 Å². The van der Waals surface area contributed by atoms with Crippen LogP contribution in [0.5, 0.6) is 0 Å². The summed E-state index contributed by atoms with van der Waals surface area (Å²) in [5, 5.41) is 18.0. The molecule has 0 heterocycles. The molecule has 5 heteroatoms. The van der Waals surface area contributed by atoms with E-state index in [0.717, 1.165) is 12.8 Å². The maximum Gasteiger partial charge on any atom is 0.223 e. The monoisotopic (exact) mass is 299 g/mol. The normalized spacial score (nSPS) is 15.3. The molecule has 0 aromatic heterocycles. The smallest absolute Gasteiger partial charge is 0.223 e. The zero-order valence-corrected chi connectivity index (χ0v) is 14.3. The average molecular weight is 299 g/mol. The summed E-state index contributed by atoms with van der Waals surface area (Å²) in [6, 6.07) is 0. The van der Waals surface area contributed by atoms with Crippen molar-refractivity contribution in [2.75, 3.05) is 6.54 Å². The molecule has 1 rings (SSSR count). The van der Waals surface area contributed by atoms with Gasteiger partial charge >= 0.3 is 0 Å². The average Bonchev–Trinajstić information content (AvgIpc) is 3.23. The lowest BCUT2D eigenvalue weighted by molar-refractivity contribution is -0.127. The zero-order valence-electron chi connectivity index (χ0n) is 14.3. The molecule has 3 N–H and O–H groups in total. The topological polar surface area (TPSA) is 86.0 Å². The van der Waals surface area contributed by atoms with Gasteiger partial charge in [-0.15, -0.1) is 0 Å². The van der Waals surface area contributed by atoms with Gasteiger partial charge in [-0.3, -0.25) is 15.6 Å². The first-order valence-corrected chi connectivity index (χ1v) is 7.83. The molecule has 1 aliphatic rings. The molecule has 124 valence electrons.